The topological polar surface area (TPSA) is 36.4 Å². The van der Waals surface area contributed by atoms with Crippen LogP contribution in [0.3, 0.4) is 0 Å². The highest BCUT2D eigenvalue weighted by atomic mass is 16.2. The van der Waals surface area contributed by atoms with Gasteiger partial charge in [0.1, 0.15) is 0 Å². The Morgan fingerprint density at radius 2 is 1.84 bits per heavy atom. The zero-order valence-electron chi connectivity index (χ0n) is 15.0. The number of pyridine rings is 1. The summed E-state index contributed by atoms with van der Waals surface area (Å²) >= 11 is 0. The second-order valence-electron chi connectivity index (χ2n) is 6.83. The number of carbonyl (C=O) groups is 1. The maximum absolute atomic E-state index is 12.4. The van der Waals surface area contributed by atoms with Crippen molar-refractivity contribution in [3.05, 3.63) is 66.0 Å². The van der Waals surface area contributed by atoms with E-state index >= 15 is 0 Å². The van der Waals surface area contributed by atoms with Crippen LogP contribution >= 0.6 is 0 Å². The van der Waals surface area contributed by atoms with Gasteiger partial charge in [-0.1, -0.05) is 43.3 Å². The van der Waals surface area contributed by atoms with Gasteiger partial charge in [0.15, 0.2) is 0 Å². The second-order valence-corrected chi connectivity index (χ2v) is 6.83. The summed E-state index contributed by atoms with van der Waals surface area (Å²) in [6.45, 7) is 6.54. The fraction of sp³-hybridized carbons (Fsp3) is 0.429. The minimum Gasteiger partial charge on any atom is -0.335 e. The maximum Gasteiger partial charge on any atom is 0.224 e. The molecule has 1 fully saturated rings. The molecule has 1 atom stereocenters. The molecule has 1 aromatic carbocycles. The summed E-state index contributed by atoms with van der Waals surface area (Å²) in [7, 11) is 0. The SMILES string of the molecule is C[C@H](CCN1CCC(=O)N(Cc2ccccn2)CC1)c1ccccc1. The van der Waals surface area contributed by atoms with Crippen molar-refractivity contribution in [2.75, 3.05) is 26.2 Å². The zero-order chi connectivity index (χ0) is 17.5. The van der Waals surface area contributed by atoms with Crippen LogP contribution in [-0.4, -0.2) is 46.9 Å². The minimum absolute atomic E-state index is 0.240. The largest absolute Gasteiger partial charge is 0.335 e. The molecular formula is C21H27N3O. The lowest BCUT2D eigenvalue weighted by molar-refractivity contribution is -0.131. The fourth-order valence-electron chi connectivity index (χ4n) is 3.31. The number of nitrogens with zero attached hydrogens (tertiary/aromatic N) is 3. The lowest BCUT2D eigenvalue weighted by atomic mass is 9.98. The average Bonchev–Trinajstić information content (AvgIpc) is 2.83. The van der Waals surface area contributed by atoms with Crippen molar-refractivity contribution in [1.29, 1.82) is 0 Å². The van der Waals surface area contributed by atoms with Crippen LogP contribution in [0, 0.1) is 0 Å². The third kappa shape index (κ3) is 5.13. The molecule has 4 heteroatoms. The highest BCUT2D eigenvalue weighted by molar-refractivity contribution is 5.76. The molecule has 2 heterocycles. The molecule has 132 valence electrons. The van der Waals surface area contributed by atoms with Gasteiger partial charge in [0.05, 0.1) is 12.2 Å². The Morgan fingerprint density at radius 3 is 2.60 bits per heavy atom. The second kappa shape index (κ2) is 8.77. The van der Waals surface area contributed by atoms with Gasteiger partial charge in [-0.05, 0) is 36.6 Å². The van der Waals surface area contributed by atoms with E-state index in [0.717, 1.165) is 38.3 Å². The van der Waals surface area contributed by atoms with E-state index in [4.69, 9.17) is 0 Å². The molecule has 1 aliphatic heterocycles. The first-order valence-corrected chi connectivity index (χ1v) is 9.17. The van der Waals surface area contributed by atoms with Gasteiger partial charge in [-0.15, -0.1) is 0 Å². The smallest absolute Gasteiger partial charge is 0.224 e. The summed E-state index contributed by atoms with van der Waals surface area (Å²) < 4.78 is 0. The van der Waals surface area contributed by atoms with Crippen LogP contribution in [0.1, 0.15) is 36.9 Å². The van der Waals surface area contributed by atoms with Gasteiger partial charge in [0.25, 0.3) is 0 Å². The molecule has 1 aliphatic rings. The Kier molecular flexibility index (Phi) is 6.18. The molecule has 0 spiro atoms. The van der Waals surface area contributed by atoms with Crippen molar-refractivity contribution in [3.63, 3.8) is 0 Å². The molecule has 0 N–H and O–H groups in total. The first kappa shape index (κ1) is 17.6. The van der Waals surface area contributed by atoms with E-state index in [1.807, 2.05) is 23.1 Å². The van der Waals surface area contributed by atoms with Gasteiger partial charge >= 0.3 is 0 Å². The van der Waals surface area contributed by atoms with Crippen LogP contribution in [0.5, 0.6) is 0 Å². The molecule has 4 nitrogen and oxygen atoms in total. The van der Waals surface area contributed by atoms with Crippen molar-refractivity contribution in [2.45, 2.75) is 32.2 Å². The van der Waals surface area contributed by atoms with Crippen LogP contribution in [0.4, 0.5) is 0 Å². The van der Waals surface area contributed by atoms with Gasteiger partial charge in [-0.2, -0.15) is 0 Å². The quantitative estimate of drug-likeness (QED) is 0.811. The van der Waals surface area contributed by atoms with Crippen LogP contribution in [0.15, 0.2) is 54.7 Å². The number of carbonyl (C=O) groups excluding carboxylic acids is 1. The zero-order valence-corrected chi connectivity index (χ0v) is 15.0. The number of hydrogen-bond acceptors (Lipinski definition) is 3. The average molecular weight is 337 g/mol. The van der Waals surface area contributed by atoms with Gasteiger partial charge in [0, 0.05) is 32.3 Å². The molecule has 0 radical (unpaired) electrons. The van der Waals surface area contributed by atoms with Crippen molar-refractivity contribution < 1.29 is 4.79 Å². The Morgan fingerprint density at radius 1 is 1.04 bits per heavy atom. The van der Waals surface area contributed by atoms with Crippen LogP contribution in [0.2, 0.25) is 0 Å². The van der Waals surface area contributed by atoms with Crippen molar-refractivity contribution in [1.82, 2.24) is 14.8 Å². The van der Waals surface area contributed by atoms with E-state index < -0.39 is 0 Å². The summed E-state index contributed by atoms with van der Waals surface area (Å²) in [6, 6.07) is 16.5. The molecule has 1 saturated heterocycles. The van der Waals surface area contributed by atoms with Gasteiger partial charge < -0.3 is 9.80 Å². The van der Waals surface area contributed by atoms with Crippen molar-refractivity contribution >= 4 is 5.91 Å². The Labute approximate surface area is 150 Å². The fourth-order valence-corrected chi connectivity index (χ4v) is 3.31. The Balaban J connectivity index is 1.50. The Bertz CT molecular complexity index is 659. The Hall–Kier alpha value is -2.20. The van der Waals surface area contributed by atoms with E-state index in [9.17, 15) is 4.79 Å². The van der Waals surface area contributed by atoms with E-state index in [-0.39, 0.29) is 5.91 Å². The summed E-state index contributed by atoms with van der Waals surface area (Å²) in [6.07, 6.45) is 3.51. The summed E-state index contributed by atoms with van der Waals surface area (Å²) in [5.41, 5.74) is 2.35. The lowest BCUT2D eigenvalue weighted by Gasteiger charge is -2.23. The third-order valence-corrected chi connectivity index (χ3v) is 5.01. The molecule has 1 aromatic heterocycles. The van der Waals surface area contributed by atoms with Crippen LogP contribution in [-0.2, 0) is 11.3 Å². The molecule has 0 unspecified atom stereocenters. The molecule has 3 rings (SSSR count). The summed E-state index contributed by atoms with van der Waals surface area (Å²) in [5, 5.41) is 0. The van der Waals surface area contributed by atoms with Gasteiger partial charge in [-0.25, -0.2) is 0 Å². The number of rotatable bonds is 6. The standard InChI is InChI=1S/C21H27N3O/c1-18(19-7-3-2-4-8-19)10-13-23-14-11-21(25)24(16-15-23)17-20-9-5-6-12-22-20/h2-9,12,18H,10-11,13-17H2,1H3/t18-/m1/s1. The number of benzene rings is 1. The number of aromatic nitrogens is 1. The predicted molar refractivity (Wildman–Crippen MR) is 100 cm³/mol. The van der Waals surface area contributed by atoms with Crippen molar-refractivity contribution in [2.24, 2.45) is 0 Å². The predicted octanol–water partition coefficient (Wildman–Crippen LogP) is 3.31. The monoisotopic (exact) mass is 337 g/mol. The highest BCUT2D eigenvalue weighted by Gasteiger charge is 2.21. The van der Waals surface area contributed by atoms with Gasteiger partial charge in [-0.3, -0.25) is 9.78 Å². The maximum atomic E-state index is 12.4. The molecule has 1 amide bonds. The highest BCUT2D eigenvalue weighted by Crippen LogP contribution is 2.19. The summed E-state index contributed by atoms with van der Waals surface area (Å²) in [5.74, 6) is 0.786. The molecule has 0 bridgehead atoms. The summed E-state index contributed by atoms with van der Waals surface area (Å²) in [4.78, 5) is 21.1. The van der Waals surface area contributed by atoms with E-state index in [2.05, 4.69) is 47.1 Å². The molecule has 0 aliphatic carbocycles. The number of hydrogen-bond donors (Lipinski definition) is 0. The minimum atomic E-state index is 0.240. The first-order valence-electron chi connectivity index (χ1n) is 9.17. The van der Waals surface area contributed by atoms with E-state index in [1.54, 1.807) is 6.20 Å². The lowest BCUT2D eigenvalue weighted by Crippen LogP contribution is -2.33. The number of amides is 1. The normalized spacial score (nSPS) is 17.3. The first-order chi connectivity index (χ1) is 12.2. The van der Waals surface area contributed by atoms with Crippen LogP contribution in [0.25, 0.3) is 0 Å². The van der Waals surface area contributed by atoms with Gasteiger partial charge in [0.2, 0.25) is 5.91 Å². The van der Waals surface area contributed by atoms with Crippen LogP contribution < -0.4 is 0 Å². The molecule has 25 heavy (non-hydrogen) atoms. The van der Waals surface area contributed by atoms with E-state index in [0.29, 0.717) is 18.9 Å². The molecule has 2 aromatic rings. The van der Waals surface area contributed by atoms with E-state index in [1.165, 1.54) is 5.56 Å². The molecule has 0 saturated carbocycles. The molecular weight excluding hydrogens is 310 g/mol. The van der Waals surface area contributed by atoms with Crippen molar-refractivity contribution in [3.8, 4) is 0 Å². The third-order valence-electron chi connectivity index (χ3n) is 5.01.